The zero-order valence-electron chi connectivity index (χ0n) is 11.8. The number of sulfonamides is 1. The molecule has 19 heavy (non-hydrogen) atoms. The molecule has 1 fully saturated rings. The van der Waals surface area contributed by atoms with Crippen LogP contribution in [0, 0.1) is 13.8 Å². The molecule has 0 spiro atoms. The van der Waals surface area contributed by atoms with E-state index in [-0.39, 0.29) is 6.04 Å². The number of hydrogen-bond donors (Lipinski definition) is 1. The molecule has 1 aliphatic rings. The Morgan fingerprint density at radius 3 is 2.37 bits per heavy atom. The van der Waals surface area contributed by atoms with Crippen LogP contribution in [0.4, 0.5) is 0 Å². The van der Waals surface area contributed by atoms with Crippen LogP contribution in [-0.2, 0) is 16.6 Å². The topological polar surface area (TPSA) is 63.4 Å². The van der Waals surface area contributed by atoms with Crippen LogP contribution < -0.4 is 5.73 Å². The second-order valence-electron chi connectivity index (χ2n) is 5.19. The number of benzene rings is 1. The monoisotopic (exact) mass is 282 g/mol. The molecule has 1 aliphatic carbocycles. The van der Waals surface area contributed by atoms with E-state index in [4.69, 9.17) is 5.73 Å². The highest BCUT2D eigenvalue weighted by Crippen LogP contribution is 2.33. The van der Waals surface area contributed by atoms with Crippen molar-refractivity contribution in [3.05, 3.63) is 28.8 Å². The largest absolute Gasteiger partial charge is 0.326 e. The first-order chi connectivity index (χ1) is 8.91. The van der Waals surface area contributed by atoms with Crippen molar-refractivity contribution in [1.82, 2.24) is 4.31 Å². The van der Waals surface area contributed by atoms with Gasteiger partial charge in [-0.3, -0.25) is 0 Å². The molecule has 1 saturated carbocycles. The molecule has 2 rings (SSSR count). The molecule has 0 aromatic heterocycles. The van der Waals surface area contributed by atoms with Crippen LogP contribution in [0.2, 0.25) is 0 Å². The fourth-order valence-electron chi connectivity index (χ4n) is 2.49. The maximum Gasteiger partial charge on any atom is 0.243 e. The predicted octanol–water partition coefficient (Wildman–Crippen LogP) is 1.94. The highest BCUT2D eigenvalue weighted by atomic mass is 32.2. The fraction of sp³-hybridized carbons (Fsp3) is 0.571. The van der Waals surface area contributed by atoms with Crippen LogP contribution in [0.3, 0.4) is 0 Å². The smallest absolute Gasteiger partial charge is 0.243 e. The van der Waals surface area contributed by atoms with E-state index in [1.807, 2.05) is 26.8 Å². The number of nitrogens with zero attached hydrogens (tertiary/aromatic N) is 1. The van der Waals surface area contributed by atoms with Crippen molar-refractivity contribution < 1.29 is 8.42 Å². The Hall–Kier alpha value is -0.910. The summed E-state index contributed by atoms with van der Waals surface area (Å²) in [6.45, 7) is 6.59. The van der Waals surface area contributed by atoms with E-state index in [9.17, 15) is 8.42 Å². The van der Waals surface area contributed by atoms with Gasteiger partial charge in [0.05, 0.1) is 4.90 Å². The quantitative estimate of drug-likeness (QED) is 0.897. The van der Waals surface area contributed by atoms with Crippen molar-refractivity contribution in [3.63, 3.8) is 0 Å². The van der Waals surface area contributed by atoms with E-state index in [1.165, 1.54) is 0 Å². The standard InChI is InChI=1S/C14H22N2O2S/c1-4-16(13-5-6-13)19(17,18)14-8-12(9-15)10(2)7-11(14)3/h7-8,13H,4-6,9,15H2,1-3H3. The Balaban J connectivity index is 2.50. The molecule has 2 N–H and O–H groups in total. The third-order valence-electron chi connectivity index (χ3n) is 3.71. The first-order valence-electron chi connectivity index (χ1n) is 6.73. The lowest BCUT2D eigenvalue weighted by Gasteiger charge is -2.22. The zero-order valence-corrected chi connectivity index (χ0v) is 12.6. The van der Waals surface area contributed by atoms with Gasteiger partial charge in [-0.05, 0) is 49.4 Å². The second kappa shape index (κ2) is 5.23. The highest BCUT2D eigenvalue weighted by molar-refractivity contribution is 7.89. The normalized spacial score (nSPS) is 16.1. The number of nitrogens with two attached hydrogens (primary N) is 1. The molecular formula is C14H22N2O2S. The molecule has 0 saturated heterocycles. The van der Waals surface area contributed by atoms with E-state index < -0.39 is 10.0 Å². The molecule has 0 radical (unpaired) electrons. The molecule has 106 valence electrons. The van der Waals surface area contributed by atoms with E-state index in [0.29, 0.717) is 18.0 Å². The van der Waals surface area contributed by atoms with Gasteiger partial charge in [0, 0.05) is 19.1 Å². The van der Waals surface area contributed by atoms with Gasteiger partial charge in [-0.2, -0.15) is 4.31 Å². The van der Waals surface area contributed by atoms with E-state index in [1.54, 1.807) is 10.4 Å². The van der Waals surface area contributed by atoms with Crippen molar-refractivity contribution in [3.8, 4) is 0 Å². The summed E-state index contributed by atoms with van der Waals surface area (Å²) in [5.74, 6) is 0. The van der Waals surface area contributed by atoms with Gasteiger partial charge >= 0.3 is 0 Å². The summed E-state index contributed by atoms with van der Waals surface area (Å²) >= 11 is 0. The molecule has 0 atom stereocenters. The van der Waals surface area contributed by atoms with Gasteiger partial charge < -0.3 is 5.73 Å². The summed E-state index contributed by atoms with van der Waals surface area (Å²) in [6.07, 6.45) is 1.95. The maximum atomic E-state index is 12.7. The van der Waals surface area contributed by atoms with Crippen LogP contribution in [0.25, 0.3) is 0 Å². The number of aryl methyl sites for hydroxylation is 2. The molecule has 0 bridgehead atoms. The molecule has 0 aliphatic heterocycles. The minimum Gasteiger partial charge on any atom is -0.326 e. The van der Waals surface area contributed by atoms with E-state index in [2.05, 4.69) is 0 Å². The third kappa shape index (κ3) is 2.68. The van der Waals surface area contributed by atoms with Crippen molar-refractivity contribution in [2.24, 2.45) is 5.73 Å². The molecule has 4 nitrogen and oxygen atoms in total. The van der Waals surface area contributed by atoms with Crippen molar-refractivity contribution in [2.45, 2.75) is 51.1 Å². The molecule has 0 heterocycles. The van der Waals surface area contributed by atoms with Gasteiger partial charge in [-0.1, -0.05) is 13.0 Å². The Morgan fingerprint density at radius 1 is 1.26 bits per heavy atom. The maximum absolute atomic E-state index is 12.7. The second-order valence-corrected chi connectivity index (χ2v) is 7.05. The van der Waals surface area contributed by atoms with E-state index in [0.717, 1.165) is 29.5 Å². The van der Waals surface area contributed by atoms with Gasteiger partial charge in [-0.15, -0.1) is 0 Å². The SMILES string of the molecule is CCN(C1CC1)S(=O)(=O)c1cc(CN)c(C)cc1C. The van der Waals surface area contributed by atoms with Crippen LogP contribution in [0.5, 0.6) is 0 Å². The summed E-state index contributed by atoms with van der Waals surface area (Å²) in [7, 11) is -3.39. The molecule has 5 heteroatoms. The van der Waals surface area contributed by atoms with Gasteiger partial charge in [0.25, 0.3) is 0 Å². The fourth-order valence-corrected chi connectivity index (χ4v) is 4.44. The Labute approximate surface area is 115 Å². The van der Waals surface area contributed by atoms with Gasteiger partial charge in [0.15, 0.2) is 0 Å². The molecule has 1 aromatic carbocycles. The van der Waals surface area contributed by atoms with Gasteiger partial charge in [0.2, 0.25) is 10.0 Å². The first-order valence-corrected chi connectivity index (χ1v) is 8.17. The molecule has 0 amide bonds. The van der Waals surface area contributed by atoms with Crippen molar-refractivity contribution >= 4 is 10.0 Å². The third-order valence-corrected chi connectivity index (χ3v) is 5.88. The van der Waals surface area contributed by atoms with Crippen LogP contribution in [0.1, 0.15) is 36.5 Å². The Morgan fingerprint density at radius 2 is 1.89 bits per heavy atom. The van der Waals surface area contributed by atoms with Crippen molar-refractivity contribution in [1.29, 1.82) is 0 Å². The average Bonchev–Trinajstić information content (AvgIpc) is 3.13. The lowest BCUT2D eigenvalue weighted by Crippen LogP contribution is -2.33. The van der Waals surface area contributed by atoms with Crippen LogP contribution in [-0.4, -0.2) is 25.3 Å². The van der Waals surface area contributed by atoms with Crippen LogP contribution >= 0.6 is 0 Å². The summed E-state index contributed by atoms with van der Waals surface area (Å²) in [5, 5.41) is 0. The summed E-state index contributed by atoms with van der Waals surface area (Å²) in [4.78, 5) is 0.410. The zero-order chi connectivity index (χ0) is 14.2. The number of rotatable bonds is 5. The first kappa shape index (κ1) is 14.5. The minimum absolute atomic E-state index is 0.192. The summed E-state index contributed by atoms with van der Waals surface area (Å²) < 4.78 is 27.1. The van der Waals surface area contributed by atoms with Gasteiger partial charge in [0.1, 0.15) is 0 Å². The molecular weight excluding hydrogens is 260 g/mol. The molecule has 0 unspecified atom stereocenters. The summed E-state index contributed by atoms with van der Waals surface area (Å²) in [6, 6.07) is 3.85. The summed E-state index contributed by atoms with van der Waals surface area (Å²) in [5.41, 5.74) is 8.43. The van der Waals surface area contributed by atoms with Gasteiger partial charge in [-0.25, -0.2) is 8.42 Å². The lowest BCUT2D eigenvalue weighted by molar-refractivity contribution is 0.420. The molecule has 1 aromatic rings. The minimum atomic E-state index is -3.39. The van der Waals surface area contributed by atoms with Crippen LogP contribution in [0.15, 0.2) is 17.0 Å². The lowest BCUT2D eigenvalue weighted by atomic mass is 10.1. The number of hydrogen-bond acceptors (Lipinski definition) is 3. The van der Waals surface area contributed by atoms with E-state index >= 15 is 0 Å². The predicted molar refractivity (Wildman–Crippen MR) is 76.4 cm³/mol. The highest BCUT2D eigenvalue weighted by Gasteiger charge is 2.37. The average molecular weight is 282 g/mol. The Kier molecular flexibility index (Phi) is 3.99. The van der Waals surface area contributed by atoms with Crippen molar-refractivity contribution in [2.75, 3.05) is 6.54 Å². The Bertz CT molecular complexity index is 577.